The lowest BCUT2D eigenvalue weighted by Gasteiger charge is -2.21. The first-order valence-corrected chi connectivity index (χ1v) is 5.26. The van der Waals surface area contributed by atoms with Gasteiger partial charge in [0.05, 0.1) is 12.5 Å². The Kier molecular flexibility index (Phi) is 3.76. The summed E-state index contributed by atoms with van der Waals surface area (Å²) in [7, 11) is 0. The van der Waals surface area contributed by atoms with Crippen LogP contribution in [-0.4, -0.2) is 12.1 Å². The molecule has 0 aliphatic heterocycles. The molecule has 0 amide bonds. The maximum absolute atomic E-state index is 5.06. The van der Waals surface area contributed by atoms with Crippen molar-refractivity contribution >= 4 is 0 Å². The quantitative estimate of drug-likeness (QED) is 0.798. The van der Waals surface area contributed by atoms with Gasteiger partial charge in [0.2, 0.25) is 0 Å². The molecular formula is C12H21NO. The first kappa shape index (κ1) is 11.3. The lowest BCUT2D eigenvalue weighted by Crippen LogP contribution is -2.36. The third-order valence-corrected chi connectivity index (χ3v) is 2.34. The van der Waals surface area contributed by atoms with Gasteiger partial charge >= 0.3 is 0 Å². The largest absolute Gasteiger partial charge is 0.472 e. The molecule has 0 bridgehead atoms. The van der Waals surface area contributed by atoms with E-state index in [0.29, 0.717) is 5.92 Å². The summed E-state index contributed by atoms with van der Waals surface area (Å²) in [6.07, 6.45) is 4.72. The van der Waals surface area contributed by atoms with Crippen molar-refractivity contribution in [2.45, 2.75) is 45.6 Å². The van der Waals surface area contributed by atoms with E-state index in [1.807, 2.05) is 12.3 Å². The normalized spacial score (nSPS) is 14.3. The summed E-state index contributed by atoms with van der Waals surface area (Å²) < 4.78 is 5.06. The second-order valence-corrected chi connectivity index (χ2v) is 4.92. The average molecular weight is 195 g/mol. The van der Waals surface area contributed by atoms with Crippen LogP contribution in [0.1, 0.15) is 45.6 Å². The van der Waals surface area contributed by atoms with Gasteiger partial charge in [-0.2, -0.15) is 0 Å². The fourth-order valence-electron chi connectivity index (χ4n) is 1.39. The van der Waals surface area contributed by atoms with Gasteiger partial charge in [0.1, 0.15) is 0 Å². The molecule has 1 heterocycles. The summed E-state index contributed by atoms with van der Waals surface area (Å²) >= 11 is 0. The molecule has 0 aliphatic carbocycles. The monoisotopic (exact) mass is 195 g/mol. The molecule has 0 radical (unpaired) electrons. The van der Waals surface area contributed by atoms with Crippen molar-refractivity contribution < 1.29 is 4.42 Å². The first-order chi connectivity index (χ1) is 6.49. The SMILES string of the molecule is CC(CCNC(C)(C)C)c1ccoc1. The van der Waals surface area contributed by atoms with Crippen LogP contribution >= 0.6 is 0 Å². The van der Waals surface area contributed by atoms with E-state index in [2.05, 4.69) is 33.0 Å². The zero-order chi connectivity index (χ0) is 10.6. The Bertz CT molecular complexity index is 246. The van der Waals surface area contributed by atoms with E-state index >= 15 is 0 Å². The number of nitrogens with one attached hydrogen (secondary N) is 1. The Balaban J connectivity index is 2.26. The Labute approximate surface area is 86.7 Å². The third-order valence-electron chi connectivity index (χ3n) is 2.34. The van der Waals surface area contributed by atoms with Crippen molar-refractivity contribution in [2.24, 2.45) is 0 Å². The van der Waals surface area contributed by atoms with Gasteiger partial charge in [-0.1, -0.05) is 6.92 Å². The highest BCUT2D eigenvalue weighted by Crippen LogP contribution is 2.18. The Morgan fingerprint density at radius 2 is 2.14 bits per heavy atom. The third kappa shape index (κ3) is 3.97. The number of furan rings is 1. The maximum Gasteiger partial charge on any atom is 0.0937 e. The van der Waals surface area contributed by atoms with Crippen LogP contribution in [0.3, 0.4) is 0 Å². The van der Waals surface area contributed by atoms with E-state index < -0.39 is 0 Å². The fraction of sp³-hybridized carbons (Fsp3) is 0.667. The summed E-state index contributed by atoms with van der Waals surface area (Å²) in [6, 6.07) is 2.04. The van der Waals surface area contributed by atoms with E-state index in [0.717, 1.165) is 13.0 Å². The molecule has 80 valence electrons. The van der Waals surface area contributed by atoms with Gasteiger partial charge in [-0.25, -0.2) is 0 Å². The first-order valence-electron chi connectivity index (χ1n) is 5.26. The van der Waals surface area contributed by atoms with Gasteiger partial charge < -0.3 is 9.73 Å². The van der Waals surface area contributed by atoms with Gasteiger partial charge in [0, 0.05) is 5.54 Å². The molecule has 0 spiro atoms. The van der Waals surface area contributed by atoms with E-state index in [4.69, 9.17) is 4.42 Å². The zero-order valence-electron chi connectivity index (χ0n) is 9.63. The summed E-state index contributed by atoms with van der Waals surface area (Å²) in [6.45, 7) is 9.85. The van der Waals surface area contributed by atoms with E-state index in [9.17, 15) is 0 Å². The molecule has 0 fully saturated rings. The standard InChI is InChI=1S/C12H21NO/c1-10(11-6-8-14-9-11)5-7-13-12(2,3)4/h6,8-10,13H,5,7H2,1-4H3. The van der Waals surface area contributed by atoms with E-state index in [1.165, 1.54) is 5.56 Å². The number of rotatable bonds is 4. The van der Waals surface area contributed by atoms with E-state index in [-0.39, 0.29) is 5.54 Å². The summed E-state index contributed by atoms with van der Waals surface area (Å²) in [5.41, 5.74) is 1.51. The van der Waals surface area contributed by atoms with Crippen molar-refractivity contribution in [3.8, 4) is 0 Å². The highest BCUT2D eigenvalue weighted by atomic mass is 16.3. The number of hydrogen-bond acceptors (Lipinski definition) is 2. The van der Waals surface area contributed by atoms with Crippen LogP contribution in [0.2, 0.25) is 0 Å². The molecule has 1 aromatic heterocycles. The van der Waals surface area contributed by atoms with Gasteiger partial charge in [0.25, 0.3) is 0 Å². The topological polar surface area (TPSA) is 25.2 Å². The molecule has 0 aliphatic rings. The van der Waals surface area contributed by atoms with Gasteiger partial charge in [-0.3, -0.25) is 0 Å². The molecule has 0 aromatic carbocycles. The second kappa shape index (κ2) is 4.65. The lowest BCUT2D eigenvalue weighted by molar-refractivity contribution is 0.413. The Morgan fingerprint density at radius 3 is 2.64 bits per heavy atom. The summed E-state index contributed by atoms with van der Waals surface area (Å²) in [4.78, 5) is 0. The molecule has 1 rings (SSSR count). The van der Waals surface area contributed by atoms with Crippen molar-refractivity contribution in [3.63, 3.8) is 0 Å². The fourth-order valence-corrected chi connectivity index (χ4v) is 1.39. The van der Waals surface area contributed by atoms with Crippen molar-refractivity contribution in [1.29, 1.82) is 0 Å². The molecule has 14 heavy (non-hydrogen) atoms. The minimum atomic E-state index is 0.218. The Hall–Kier alpha value is -0.760. The smallest absolute Gasteiger partial charge is 0.0937 e. The summed E-state index contributed by atoms with van der Waals surface area (Å²) in [5, 5.41) is 3.48. The average Bonchev–Trinajstić information content (AvgIpc) is 2.53. The highest BCUT2D eigenvalue weighted by Gasteiger charge is 2.10. The molecular weight excluding hydrogens is 174 g/mol. The van der Waals surface area contributed by atoms with Crippen LogP contribution < -0.4 is 5.32 Å². The van der Waals surface area contributed by atoms with Crippen molar-refractivity contribution in [1.82, 2.24) is 5.32 Å². The number of hydrogen-bond donors (Lipinski definition) is 1. The van der Waals surface area contributed by atoms with Crippen molar-refractivity contribution in [3.05, 3.63) is 24.2 Å². The van der Waals surface area contributed by atoms with Crippen LogP contribution in [0, 0.1) is 0 Å². The van der Waals surface area contributed by atoms with Crippen LogP contribution in [0.25, 0.3) is 0 Å². The van der Waals surface area contributed by atoms with Gasteiger partial charge in [0.15, 0.2) is 0 Å². The van der Waals surface area contributed by atoms with E-state index in [1.54, 1.807) is 6.26 Å². The van der Waals surface area contributed by atoms with Crippen molar-refractivity contribution in [2.75, 3.05) is 6.54 Å². The molecule has 1 unspecified atom stereocenters. The van der Waals surface area contributed by atoms with Crippen LogP contribution in [-0.2, 0) is 0 Å². The van der Waals surface area contributed by atoms with Gasteiger partial charge in [-0.15, -0.1) is 0 Å². The van der Waals surface area contributed by atoms with Crippen LogP contribution in [0.15, 0.2) is 23.0 Å². The predicted molar refractivity (Wildman–Crippen MR) is 59.5 cm³/mol. The van der Waals surface area contributed by atoms with Gasteiger partial charge in [-0.05, 0) is 51.3 Å². The lowest BCUT2D eigenvalue weighted by atomic mass is 10.00. The Morgan fingerprint density at radius 1 is 1.43 bits per heavy atom. The molecule has 2 nitrogen and oxygen atoms in total. The maximum atomic E-state index is 5.06. The molecule has 1 atom stereocenters. The van der Waals surface area contributed by atoms with Crippen LogP contribution in [0.4, 0.5) is 0 Å². The van der Waals surface area contributed by atoms with Crippen LogP contribution in [0.5, 0.6) is 0 Å². The highest BCUT2D eigenvalue weighted by molar-refractivity contribution is 5.10. The predicted octanol–water partition coefficient (Wildman–Crippen LogP) is 3.16. The molecule has 1 N–H and O–H groups in total. The zero-order valence-corrected chi connectivity index (χ0v) is 9.63. The molecule has 0 saturated carbocycles. The summed E-state index contributed by atoms with van der Waals surface area (Å²) in [5.74, 6) is 0.573. The minimum Gasteiger partial charge on any atom is -0.472 e. The molecule has 2 heteroatoms. The molecule has 0 saturated heterocycles. The minimum absolute atomic E-state index is 0.218. The molecule has 1 aromatic rings. The second-order valence-electron chi connectivity index (χ2n) is 4.92.